The van der Waals surface area contributed by atoms with Crippen molar-refractivity contribution in [2.24, 2.45) is 5.92 Å². The highest BCUT2D eigenvalue weighted by Crippen LogP contribution is 2.34. The largest absolute Gasteiger partial charge is 0.493 e. The van der Waals surface area contributed by atoms with E-state index in [1.54, 1.807) is 11.0 Å². The maximum Gasteiger partial charge on any atom is 0.416 e. The van der Waals surface area contributed by atoms with Crippen LogP contribution in [0.25, 0.3) is 0 Å². The van der Waals surface area contributed by atoms with Crippen molar-refractivity contribution < 1.29 is 40.0 Å². The third-order valence-electron chi connectivity index (χ3n) is 4.46. The number of benzene rings is 2. The van der Waals surface area contributed by atoms with Crippen molar-refractivity contribution in [2.45, 2.75) is 31.5 Å². The van der Waals surface area contributed by atoms with Crippen LogP contribution in [-0.2, 0) is 32.4 Å². The summed E-state index contributed by atoms with van der Waals surface area (Å²) in [6, 6.07) is 7.72. The highest BCUT2D eigenvalue weighted by atomic mass is 32.2. The standard InChI is InChI=1S/C22H26F3NO6S/c1-15(2)12-26(21(27)14-30-3)13-16-8-9-19(31-4)20(10-16)32-33(28,29)18-7-5-6-17(11-18)22(23,24)25/h5-11,15H,12-14H2,1-4H3. The molecule has 0 aliphatic carbocycles. The number of ether oxygens (including phenoxy) is 2. The maximum absolute atomic E-state index is 13.0. The van der Waals surface area contributed by atoms with Crippen LogP contribution >= 0.6 is 0 Å². The van der Waals surface area contributed by atoms with E-state index < -0.39 is 26.8 Å². The highest BCUT2D eigenvalue weighted by Gasteiger charge is 2.32. The number of rotatable bonds is 10. The van der Waals surface area contributed by atoms with Gasteiger partial charge in [-0.15, -0.1) is 0 Å². The van der Waals surface area contributed by atoms with Crippen LogP contribution < -0.4 is 8.92 Å². The van der Waals surface area contributed by atoms with E-state index in [4.69, 9.17) is 13.7 Å². The Morgan fingerprint density at radius 1 is 1.06 bits per heavy atom. The zero-order valence-corrected chi connectivity index (χ0v) is 19.5. The second kappa shape index (κ2) is 10.9. The van der Waals surface area contributed by atoms with Crippen LogP contribution in [0.5, 0.6) is 11.5 Å². The van der Waals surface area contributed by atoms with Crippen molar-refractivity contribution in [3.8, 4) is 11.5 Å². The van der Waals surface area contributed by atoms with Gasteiger partial charge in [0.15, 0.2) is 11.5 Å². The van der Waals surface area contributed by atoms with Crippen LogP contribution in [0, 0.1) is 5.92 Å². The SMILES string of the molecule is COCC(=O)N(Cc1ccc(OC)c(OS(=O)(=O)c2cccc(C(F)(F)F)c2)c1)CC(C)C. The summed E-state index contributed by atoms with van der Waals surface area (Å²) in [6.07, 6.45) is -4.71. The van der Waals surface area contributed by atoms with Crippen LogP contribution in [0.15, 0.2) is 47.4 Å². The van der Waals surface area contributed by atoms with E-state index in [0.717, 1.165) is 18.2 Å². The Labute approximate surface area is 191 Å². The van der Waals surface area contributed by atoms with Gasteiger partial charge in [0, 0.05) is 20.2 Å². The lowest BCUT2D eigenvalue weighted by Crippen LogP contribution is -2.36. The smallest absolute Gasteiger partial charge is 0.416 e. The molecular weight excluding hydrogens is 463 g/mol. The molecule has 2 aromatic rings. The van der Waals surface area contributed by atoms with Gasteiger partial charge < -0.3 is 18.6 Å². The number of halogens is 3. The van der Waals surface area contributed by atoms with Gasteiger partial charge in [0.05, 0.1) is 12.7 Å². The van der Waals surface area contributed by atoms with Gasteiger partial charge in [-0.2, -0.15) is 21.6 Å². The molecular formula is C22H26F3NO6S. The molecule has 0 fully saturated rings. The molecule has 0 aromatic heterocycles. The van der Waals surface area contributed by atoms with E-state index in [1.165, 1.54) is 26.4 Å². The average molecular weight is 490 g/mol. The van der Waals surface area contributed by atoms with E-state index >= 15 is 0 Å². The van der Waals surface area contributed by atoms with Crippen molar-refractivity contribution >= 4 is 16.0 Å². The van der Waals surface area contributed by atoms with Crippen molar-refractivity contribution in [1.82, 2.24) is 4.90 Å². The zero-order chi connectivity index (χ0) is 24.8. The molecule has 0 N–H and O–H groups in total. The molecule has 2 aromatic carbocycles. The number of carbonyl (C=O) groups is 1. The topological polar surface area (TPSA) is 82.1 Å². The summed E-state index contributed by atoms with van der Waals surface area (Å²) in [5, 5.41) is 0. The first-order valence-corrected chi connectivity index (χ1v) is 11.3. The van der Waals surface area contributed by atoms with Gasteiger partial charge in [0.25, 0.3) is 0 Å². The molecule has 0 aliphatic heterocycles. The van der Waals surface area contributed by atoms with Crippen molar-refractivity contribution in [3.05, 3.63) is 53.6 Å². The molecule has 1 amide bonds. The fraction of sp³-hybridized carbons (Fsp3) is 0.409. The molecule has 0 bridgehead atoms. The van der Waals surface area contributed by atoms with Crippen molar-refractivity contribution in [3.63, 3.8) is 0 Å². The Balaban J connectivity index is 2.37. The van der Waals surface area contributed by atoms with Crippen molar-refractivity contribution in [1.29, 1.82) is 0 Å². The lowest BCUT2D eigenvalue weighted by Gasteiger charge is -2.25. The fourth-order valence-electron chi connectivity index (χ4n) is 3.01. The molecule has 7 nitrogen and oxygen atoms in total. The molecule has 0 heterocycles. The molecule has 0 atom stereocenters. The first-order valence-electron chi connectivity index (χ1n) is 9.92. The predicted octanol–water partition coefficient (Wildman–Crippen LogP) is 4.11. The van der Waals surface area contributed by atoms with E-state index in [-0.39, 0.29) is 36.5 Å². The minimum absolute atomic E-state index is 0.0629. The second-order valence-electron chi connectivity index (χ2n) is 7.65. The van der Waals surface area contributed by atoms with Gasteiger partial charge in [-0.1, -0.05) is 26.0 Å². The maximum atomic E-state index is 13.0. The molecule has 11 heteroatoms. The fourth-order valence-corrected chi connectivity index (χ4v) is 3.99. The number of alkyl halides is 3. The summed E-state index contributed by atoms with van der Waals surface area (Å²) in [6.45, 7) is 4.35. The third kappa shape index (κ3) is 7.36. The normalized spacial score (nSPS) is 12.0. The molecule has 0 spiro atoms. The second-order valence-corrected chi connectivity index (χ2v) is 9.20. The Hall–Kier alpha value is -2.79. The number of methoxy groups -OCH3 is 2. The Morgan fingerprint density at radius 3 is 2.33 bits per heavy atom. The summed E-state index contributed by atoms with van der Waals surface area (Å²) >= 11 is 0. The van der Waals surface area contributed by atoms with Gasteiger partial charge in [-0.25, -0.2) is 0 Å². The quantitative estimate of drug-likeness (QED) is 0.467. The van der Waals surface area contributed by atoms with Crippen molar-refractivity contribution in [2.75, 3.05) is 27.4 Å². The summed E-state index contributed by atoms with van der Waals surface area (Å²) in [4.78, 5) is 13.3. The predicted molar refractivity (Wildman–Crippen MR) is 114 cm³/mol. The lowest BCUT2D eigenvalue weighted by molar-refractivity contribution is -0.138. The number of hydrogen-bond donors (Lipinski definition) is 0. The van der Waals surface area contributed by atoms with E-state index in [2.05, 4.69) is 0 Å². The zero-order valence-electron chi connectivity index (χ0n) is 18.7. The summed E-state index contributed by atoms with van der Waals surface area (Å²) in [5.41, 5.74) is -0.580. The number of hydrogen-bond acceptors (Lipinski definition) is 6. The lowest BCUT2D eigenvalue weighted by atomic mass is 10.1. The summed E-state index contributed by atoms with van der Waals surface area (Å²) < 4.78 is 79.6. The number of amides is 1. The molecule has 0 saturated carbocycles. The average Bonchev–Trinajstić information content (AvgIpc) is 2.72. The molecule has 0 aliphatic rings. The summed E-state index contributed by atoms with van der Waals surface area (Å²) in [7, 11) is -1.89. The Bertz CT molecular complexity index is 1070. The molecule has 182 valence electrons. The van der Waals surface area contributed by atoms with Gasteiger partial charge in [-0.05, 0) is 41.8 Å². The number of nitrogens with zero attached hydrogens (tertiary/aromatic N) is 1. The third-order valence-corrected chi connectivity index (χ3v) is 5.69. The highest BCUT2D eigenvalue weighted by molar-refractivity contribution is 7.87. The monoisotopic (exact) mass is 489 g/mol. The molecule has 33 heavy (non-hydrogen) atoms. The minimum Gasteiger partial charge on any atom is -0.493 e. The Morgan fingerprint density at radius 2 is 1.76 bits per heavy atom. The van der Waals surface area contributed by atoms with Crippen LogP contribution in [0.1, 0.15) is 25.0 Å². The molecule has 0 saturated heterocycles. The van der Waals surface area contributed by atoms with Gasteiger partial charge in [-0.3, -0.25) is 4.79 Å². The van der Waals surface area contributed by atoms with Gasteiger partial charge in [0.2, 0.25) is 5.91 Å². The minimum atomic E-state index is -4.71. The molecule has 0 radical (unpaired) electrons. The molecule has 0 unspecified atom stereocenters. The Kier molecular flexibility index (Phi) is 8.73. The van der Waals surface area contributed by atoms with E-state index in [9.17, 15) is 26.4 Å². The summed E-state index contributed by atoms with van der Waals surface area (Å²) in [5.74, 6) is -0.230. The molecule has 2 rings (SSSR count). The van der Waals surface area contributed by atoms with Crippen LogP contribution in [-0.4, -0.2) is 46.6 Å². The van der Waals surface area contributed by atoms with E-state index in [0.29, 0.717) is 18.2 Å². The number of carbonyl (C=O) groups excluding carboxylic acids is 1. The van der Waals surface area contributed by atoms with Gasteiger partial charge >= 0.3 is 16.3 Å². The first kappa shape index (κ1) is 26.5. The van der Waals surface area contributed by atoms with Crippen LogP contribution in [0.4, 0.5) is 13.2 Å². The van der Waals surface area contributed by atoms with Crippen LogP contribution in [0.3, 0.4) is 0 Å². The van der Waals surface area contributed by atoms with Crippen LogP contribution in [0.2, 0.25) is 0 Å². The van der Waals surface area contributed by atoms with E-state index in [1.807, 2.05) is 13.8 Å². The van der Waals surface area contributed by atoms with Gasteiger partial charge in [0.1, 0.15) is 11.5 Å². The first-order chi connectivity index (χ1) is 15.4.